The Labute approximate surface area is 326 Å². The van der Waals surface area contributed by atoms with Gasteiger partial charge in [-0.25, -0.2) is 14.4 Å². The summed E-state index contributed by atoms with van der Waals surface area (Å²) in [7, 11) is 0. The molecule has 2 aliphatic rings. The van der Waals surface area contributed by atoms with Crippen molar-refractivity contribution in [3.63, 3.8) is 0 Å². The molecule has 0 bridgehead atoms. The Kier molecular flexibility index (Phi) is 11.4. The molecule has 0 spiro atoms. The molecule has 294 valence electrons. The minimum atomic E-state index is -1.90. The van der Waals surface area contributed by atoms with Crippen LogP contribution < -0.4 is 13.6 Å². The van der Waals surface area contributed by atoms with Gasteiger partial charge >= 0.3 is 23.3 Å². The van der Waals surface area contributed by atoms with Gasteiger partial charge in [0.15, 0.2) is 0 Å². The van der Waals surface area contributed by atoms with Gasteiger partial charge in [-0.05, 0) is 72.8 Å². The van der Waals surface area contributed by atoms with Crippen LogP contribution in [0, 0.1) is 49.0 Å². The van der Waals surface area contributed by atoms with Crippen molar-refractivity contribution >= 4 is 40.4 Å². The molecule has 12 nitrogen and oxygen atoms in total. The topological polar surface area (TPSA) is 128 Å². The summed E-state index contributed by atoms with van der Waals surface area (Å²) in [5, 5.41) is 0. The number of aromatic nitrogens is 2. The van der Waals surface area contributed by atoms with Gasteiger partial charge in [0, 0.05) is 36.7 Å². The van der Waals surface area contributed by atoms with Crippen LogP contribution in [0.5, 0.6) is 11.6 Å². The van der Waals surface area contributed by atoms with Crippen LogP contribution in [-0.2, 0) is 20.7 Å². The van der Waals surface area contributed by atoms with Crippen molar-refractivity contribution in [1.82, 2.24) is 14.3 Å². The Morgan fingerprint density at radius 1 is 1.00 bits per heavy atom. The number of hydrogen-bond donors (Lipinski definition) is 2. The SMILES string of the molecule is [C-]#[N+]c1c(C(=O)OC2C(C(C)(C)C)CC(C)CC2C(C)(C)C)c2[nH]c(-c3cccc(NS(=O)Oc4cc(C)ccc4C)c3)cn2c1OC(=O)N1CCOCC1. The van der Waals surface area contributed by atoms with E-state index in [-0.39, 0.29) is 45.4 Å². The molecule has 4 aromatic rings. The second kappa shape index (κ2) is 15.7. The summed E-state index contributed by atoms with van der Waals surface area (Å²) in [6.07, 6.45) is 2.46. The van der Waals surface area contributed by atoms with Crippen molar-refractivity contribution in [3.05, 3.63) is 76.8 Å². The lowest BCUT2D eigenvalue weighted by molar-refractivity contribution is -0.0922. The molecule has 1 aliphatic heterocycles. The number of fused-ring (bicyclic) bond motifs is 1. The van der Waals surface area contributed by atoms with Crippen LogP contribution >= 0.6 is 0 Å². The highest BCUT2D eigenvalue weighted by atomic mass is 32.2. The average molecular weight is 772 g/mol. The highest BCUT2D eigenvalue weighted by Crippen LogP contribution is 2.50. The third-order valence-corrected chi connectivity index (χ3v) is 11.6. The number of nitrogens with one attached hydrogen (secondary N) is 2. The number of ether oxygens (including phenoxy) is 3. The zero-order chi connectivity index (χ0) is 39.8. The number of hydrogen-bond acceptors (Lipinski definition) is 7. The third kappa shape index (κ3) is 8.71. The van der Waals surface area contributed by atoms with Crippen molar-refractivity contribution < 1.29 is 32.2 Å². The van der Waals surface area contributed by atoms with Crippen LogP contribution in [0.25, 0.3) is 21.7 Å². The number of rotatable bonds is 8. The van der Waals surface area contributed by atoms with Gasteiger partial charge in [-0.1, -0.05) is 72.7 Å². The summed E-state index contributed by atoms with van der Waals surface area (Å²) in [5.41, 5.74) is 3.46. The number of esters is 1. The number of amides is 1. The fourth-order valence-electron chi connectivity index (χ4n) is 7.82. The minimum Gasteiger partial charge on any atom is -0.459 e. The van der Waals surface area contributed by atoms with Crippen molar-refractivity contribution in [1.29, 1.82) is 0 Å². The number of nitrogens with zero attached hydrogens (tertiary/aromatic N) is 3. The Morgan fingerprint density at radius 3 is 2.31 bits per heavy atom. The highest BCUT2D eigenvalue weighted by molar-refractivity contribution is 7.82. The number of morpholine rings is 1. The van der Waals surface area contributed by atoms with Gasteiger partial charge in [-0.15, -0.1) is 0 Å². The Balaban J connectivity index is 1.39. The maximum atomic E-state index is 14.6. The van der Waals surface area contributed by atoms with Crippen LogP contribution in [0.4, 0.5) is 16.2 Å². The Hall–Kier alpha value is -4.80. The van der Waals surface area contributed by atoms with E-state index in [1.807, 2.05) is 38.1 Å². The molecule has 13 heteroatoms. The van der Waals surface area contributed by atoms with Crippen LogP contribution in [0.2, 0.25) is 0 Å². The molecule has 1 saturated heterocycles. The molecule has 2 aromatic heterocycles. The van der Waals surface area contributed by atoms with Crippen LogP contribution in [-0.4, -0.2) is 63.0 Å². The lowest BCUT2D eigenvalue weighted by Crippen LogP contribution is -2.49. The highest BCUT2D eigenvalue weighted by Gasteiger charge is 2.48. The van der Waals surface area contributed by atoms with Crippen LogP contribution in [0.15, 0.2) is 48.7 Å². The predicted octanol–water partition coefficient (Wildman–Crippen LogP) is 9.28. The molecule has 3 heterocycles. The summed E-state index contributed by atoms with van der Waals surface area (Å²) in [6, 6.07) is 12.9. The Bertz CT molecular complexity index is 2110. The molecular formula is C42H53N5O7S. The molecule has 1 aliphatic carbocycles. The van der Waals surface area contributed by atoms with Crippen LogP contribution in [0.3, 0.4) is 0 Å². The van der Waals surface area contributed by atoms with Gasteiger partial charge in [-0.2, -0.15) is 4.21 Å². The van der Waals surface area contributed by atoms with Gasteiger partial charge in [0.2, 0.25) is 5.88 Å². The summed E-state index contributed by atoms with van der Waals surface area (Å²) >= 11 is -1.90. The first-order chi connectivity index (χ1) is 25.9. The van der Waals surface area contributed by atoms with Crippen LogP contribution in [0.1, 0.15) is 82.8 Å². The maximum absolute atomic E-state index is 14.6. The Morgan fingerprint density at radius 2 is 1.67 bits per heavy atom. The molecule has 3 unspecified atom stereocenters. The molecule has 3 atom stereocenters. The fraction of sp³-hybridized carbons (Fsp3) is 0.500. The van der Waals surface area contributed by atoms with Crippen molar-refractivity contribution in [2.24, 2.45) is 28.6 Å². The quantitative estimate of drug-likeness (QED) is 0.135. The first kappa shape index (κ1) is 39.9. The first-order valence-corrected chi connectivity index (χ1v) is 20.0. The second-order valence-corrected chi connectivity index (χ2v) is 18.0. The van der Waals surface area contributed by atoms with E-state index in [1.54, 1.807) is 24.4 Å². The van der Waals surface area contributed by atoms with E-state index in [1.165, 1.54) is 9.30 Å². The zero-order valence-electron chi connectivity index (χ0n) is 33.3. The number of aromatic amines is 1. The fourth-order valence-corrected chi connectivity index (χ4v) is 8.53. The molecule has 0 radical (unpaired) electrons. The van der Waals surface area contributed by atoms with E-state index in [0.29, 0.717) is 54.9 Å². The zero-order valence-corrected chi connectivity index (χ0v) is 34.1. The van der Waals surface area contributed by atoms with Gasteiger partial charge < -0.3 is 28.3 Å². The van der Waals surface area contributed by atoms with Gasteiger partial charge in [-0.3, -0.25) is 9.12 Å². The lowest BCUT2D eigenvalue weighted by Gasteiger charge is -2.50. The normalized spacial score (nSPS) is 21.1. The smallest absolute Gasteiger partial charge is 0.415 e. The molecule has 6 rings (SSSR count). The summed E-state index contributed by atoms with van der Waals surface area (Å²) in [4.78, 5) is 36.7. The molecule has 2 fully saturated rings. The predicted molar refractivity (Wildman–Crippen MR) is 214 cm³/mol. The van der Waals surface area contributed by atoms with Crippen molar-refractivity contribution in [2.75, 3.05) is 31.0 Å². The average Bonchev–Trinajstić information content (AvgIpc) is 3.67. The summed E-state index contributed by atoms with van der Waals surface area (Å²) in [6.45, 7) is 28.9. The number of carbonyl (C=O) groups is 2. The van der Waals surface area contributed by atoms with E-state index < -0.39 is 29.4 Å². The number of imidazole rings is 1. The standard InChI is InChI=1S/C42H53N5O7S/c1-25-14-15-27(3)33(22-25)54-55(50)45-29-13-11-12-28(23-29)32-24-47-37(44-32)34(35(43-10)38(47)53-40(49)46-16-18-51-19-17-46)39(48)52-36-30(41(4,5)6)20-26(2)21-31(36)42(7,8)9/h11-15,22-24,26,30-31,36,44-45H,16-21H2,1-9H3. The van der Waals surface area contributed by atoms with Gasteiger partial charge in [0.05, 0.1) is 31.2 Å². The minimum absolute atomic E-state index is 0.00211. The number of benzene rings is 2. The lowest BCUT2D eigenvalue weighted by atomic mass is 9.59. The molecule has 2 N–H and O–H groups in total. The summed E-state index contributed by atoms with van der Waals surface area (Å²) in [5.74, 6) is 0.406. The van der Waals surface area contributed by atoms with Gasteiger partial charge in [0.25, 0.3) is 5.69 Å². The van der Waals surface area contributed by atoms with Gasteiger partial charge in [0.1, 0.15) is 23.1 Å². The second-order valence-electron chi connectivity index (χ2n) is 17.2. The van der Waals surface area contributed by atoms with Crippen molar-refractivity contribution in [3.8, 4) is 22.9 Å². The van der Waals surface area contributed by atoms with E-state index in [9.17, 15) is 13.8 Å². The van der Waals surface area contributed by atoms with E-state index in [4.69, 9.17) is 25.0 Å². The van der Waals surface area contributed by atoms with E-state index in [0.717, 1.165) is 24.0 Å². The largest absolute Gasteiger partial charge is 0.459 e. The molecule has 2 aromatic carbocycles. The van der Waals surface area contributed by atoms with Crippen molar-refractivity contribution in [2.45, 2.75) is 81.3 Å². The van der Waals surface area contributed by atoms with E-state index in [2.05, 4.69) is 63.0 Å². The third-order valence-electron chi connectivity index (χ3n) is 10.9. The molecular weight excluding hydrogens is 719 g/mol. The maximum Gasteiger partial charge on any atom is 0.415 e. The number of anilines is 1. The number of H-pyrrole nitrogens is 1. The molecule has 1 saturated carbocycles. The summed E-state index contributed by atoms with van der Waals surface area (Å²) < 4.78 is 41.2. The van der Waals surface area contributed by atoms with E-state index >= 15 is 0 Å². The molecule has 55 heavy (non-hydrogen) atoms. The molecule has 1 amide bonds. The number of carbonyl (C=O) groups excluding carboxylic acids is 2. The monoisotopic (exact) mass is 771 g/mol. The number of aryl methyl sites for hydroxylation is 2. The first-order valence-electron chi connectivity index (χ1n) is 18.9.